The van der Waals surface area contributed by atoms with Gasteiger partial charge in [0.05, 0.1) is 11.4 Å². The van der Waals surface area contributed by atoms with Crippen LogP contribution in [0.4, 0.5) is 11.4 Å². The third-order valence-electron chi connectivity index (χ3n) is 5.68. The van der Waals surface area contributed by atoms with Crippen LogP contribution < -0.4 is 9.80 Å². The molecule has 0 aromatic heterocycles. The summed E-state index contributed by atoms with van der Waals surface area (Å²) in [5, 5.41) is 0. The molecule has 5 heteroatoms. The number of fused-ring (bicyclic) bond motifs is 1. The molecule has 2 heterocycles. The first-order valence-electron chi connectivity index (χ1n) is 9.48. The first-order valence-corrected chi connectivity index (χ1v) is 9.48. The summed E-state index contributed by atoms with van der Waals surface area (Å²) >= 11 is 0. The Morgan fingerprint density at radius 2 is 1.72 bits per heavy atom. The van der Waals surface area contributed by atoms with Crippen molar-refractivity contribution >= 4 is 23.2 Å². The predicted octanol–water partition coefficient (Wildman–Crippen LogP) is 2.51. The smallest absolute Gasteiger partial charge is 0.249 e. The van der Waals surface area contributed by atoms with Gasteiger partial charge in [-0.3, -0.25) is 9.59 Å². The number of likely N-dealkylation sites (tertiary alicyclic amines) is 1. The number of carbonyl (C=O) groups excluding carboxylic acids is 2. The number of amides is 2. The van der Waals surface area contributed by atoms with E-state index in [-0.39, 0.29) is 23.8 Å². The second-order valence-corrected chi connectivity index (χ2v) is 7.89. The number of nitrogens with zero attached hydrogens (tertiary/aromatic N) is 3. The molecule has 1 saturated carbocycles. The molecule has 2 fully saturated rings. The van der Waals surface area contributed by atoms with Crippen molar-refractivity contribution in [1.82, 2.24) is 4.90 Å². The summed E-state index contributed by atoms with van der Waals surface area (Å²) < 4.78 is 0. The second kappa shape index (κ2) is 6.36. The summed E-state index contributed by atoms with van der Waals surface area (Å²) in [6.07, 6.45) is 3.70. The van der Waals surface area contributed by atoms with Crippen LogP contribution in [0.2, 0.25) is 0 Å². The van der Waals surface area contributed by atoms with Gasteiger partial charge in [0.25, 0.3) is 0 Å². The third kappa shape index (κ3) is 3.00. The van der Waals surface area contributed by atoms with Crippen molar-refractivity contribution in [3.63, 3.8) is 0 Å². The number of benzene rings is 1. The van der Waals surface area contributed by atoms with E-state index in [0.717, 1.165) is 50.1 Å². The van der Waals surface area contributed by atoms with Crippen LogP contribution in [0.15, 0.2) is 24.3 Å². The van der Waals surface area contributed by atoms with E-state index >= 15 is 0 Å². The zero-order valence-electron chi connectivity index (χ0n) is 15.1. The van der Waals surface area contributed by atoms with Crippen molar-refractivity contribution in [2.75, 3.05) is 36.5 Å². The molecule has 1 aliphatic carbocycles. The maximum Gasteiger partial charge on any atom is 0.249 e. The number of para-hydroxylation sites is 2. The van der Waals surface area contributed by atoms with Crippen LogP contribution in [-0.4, -0.2) is 49.4 Å². The van der Waals surface area contributed by atoms with Gasteiger partial charge < -0.3 is 14.7 Å². The van der Waals surface area contributed by atoms with E-state index in [2.05, 4.69) is 24.9 Å². The average Bonchev–Trinajstić information content (AvgIpc) is 3.36. The summed E-state index contributed by atoms with van der Waals surface area (Å²) in [5.74, 6) is 0.857. The summed E-state index contributed by atoms with van der Waals surface area (Å²) in [5.41, 5.74) is 2.07. The topological polar surface area (TPSA) is 43.9 Å². The van der Waals surface area contributed by atoms with Gasteiger partial charge in [-0.1, -0.05) is 19.1 Å². The molecule has 4 rings (SSSR count). The van der Waals surface area contributed by atoms with E-state index in [1.54, 1.807) is 0 Å². The van der Waals surface area contributed by atoms with Gasteiger partial charge >= 0.3 is 0 Å². The third-order valence-corrected chi connectivity index (χ3v) is 5.68. The molecule has 0 spiro atoms. The Bertz CT molecular complexity index is 685. The molecular formula is C20H27N3O2. The maximum absolute atomic E-state index is 13.4. The monoisotopic (exact) mass is 341 g/mol. The minimum atomic E-state index is -0.281. The lowest BCUT2D eigenvalue weighted by Gasteiger charge is -2.31. The molecule has 1 aromatic carbocycles. The van der Waals surface area contributed by atoms with Gasteiger partial charge in [-0.15, -0.1) is 0 Å². The second-order valence-electron chi connectivity index (χ2n) is 7.89. The molecule has 2 amide bonds. The van der Waals surface area contributed by atoms with Crippen molar-refractivity contribution in [3.8, 4) is 0 Å². The van der Waals surface area contributed by atoms with Crippen molar-refractivity contribution < 1.29 is 9.59 Å². The standard InChI is InChI=1S/C20H27N3O2/c1-14-12-21(2)16-6-3-4-7-17(16)23(13-14)20(25)18-8-5-11-22(18)19(24)15-9-10-15/h3-4,6-7,14-15,18H,5,8-13H2,1-2H3/t14-,18-/m1/s1. The molecule has 0 N–H and O–H groups in total. The van der Waals surface area contributed by atoms with Gasteiger partial charge in [0, 0.05) is 32.6 Å². The van der Waals surface area contributed by atoms with E-state index in [9.17, 15) is 9.59 Å². The van der Waals surface area contributed by atoms with Crippen LogP contribution in [0.1, 0.15) is 32.6 Å². The highest BCUT2D eigenvalue weighted by Gasteiger charge is 2.43. The van der Waals surface area contributed by atoms with E-state index < -0.39 is 0 Å². The summed E-state index contributed by atoms with van der Waals surface area (Å²) in [6.45, 7) is 4.55. The molecule has 0 bridgehead atoms. The van der Waals surface area contributed by atoms with Crippen molar-refractivity contribution in [2.24, 2.45) is 11.8 Å². The fraction of sp³-hybridized carbons (Fsp3) is 0.600. The van der Waals surface area contributed by atoms with Gasteiger partial charge in [0.2, 0.25) is 11.8 Å². The Morgan fingerprint density at radius 3 is 2.44 bits per heavy atom. The van der Waals surface area contributed by atoms with Gasteiger partial charge in [-0.2, -0.15) is 0 Å². The molecule has 2 atom stereocenters. The number of hydrogen-bond acceptors (Lipinski definition) is 3. The highest BCUT2D eigenvalue weighted by atomic mass is 16.2. The van der Waals surface area contributed by atoms with E-state index in [0.29, 0.717) is 12.5 Å². The molecule has 0 radical (unpaired) electrons. The fourth-order valence-corrected chi connectivity index (χ4v) is 4.29. The molecule has 134 valence electrons. The van der Waals surface area contributed by atoms with Gasteiger partial charge in [-0.05, 0) is 43.7 Å². The molecule has 1 aromatic rings. The van der Waals surface area contributed by atoms with Gasteiger partial charge in [0.15, 0.2) is 0 Å². The van der Waals surface area contributed by atoms with Crippen LogP contribution in [0.3, 0.4) is 0 Å². The largest absolute Gasteiger partial charge is 0.373 e. The zero-order chi connectivity index (χ0) is 17.6. The van der Waals surface area contributed by atoms with Gasteiger partial charge in [0.1, 0.15) is 6.04 Å². The van der Waals surface area contributed by atoms with E-state index in [4.69, 9.17) is 0 Å². The Morgan fingerprint density at radius 1 is 1.00 bits per heavy atom. The minimum absolute atomic E-state index is 0.0982. The Kier molecular flexibility index (Phi) is 4.18. The number of carbonyl (C=O) groups is 2. The molecule has 1 saturated heterocycles. The van der Waals surface area contributed by atoms with Gasteiger partial charge in [-0.25, -0.2) is 0 Å². The Hall–Kier alpha value is -2.04. The van der Waals surface area contributed by atoms with Crippen LogP contribution >= 0.6 is 0 Å². The number of anilines is 2. The van der Waals surface area contributed by atoms with Crippen LogP contribution in [-0.2, 0) is 9.59 Å². The van der Waals surface area contributed by atoms with Crippen molar-refractivity contribution in [2.45, 2.75) is 38.6 Å². The Labute approximate surface area is 149 Å². The molecule has 25 heavy (non-hydrogen) atoms. The first kappa shape index (κ1) is 16.4. The summed E-state index contributed by atoms with van der Waals surface area (Å²) in [6, 6.07) is 7.84. The molecular weight excluding hydrogens is 314 g/mol. The normalized spacial score (nSPS) is 26.4. The molecule has 2 aliphatic heterocycles. The van der Waals surface area contributed by atoms with E-state index in [1.165, 1.54) is 0 Å². The molecule has 5 nitrogen and oxygen atoms in total. The quantitative estimate of drug-likeness (QED) is 0.830. The predicted molar refractivity (Wildman–Crippen MR) is 98.7 cm³/mol. The first-order chi connectivity index (χ1) is 12.1. The number of hydrogen-bond donors (Lipinski definition) is 0. The summed E-state index contributed by atoms with van der Waals surface area (Å²) in [4.78, 5) is 32.1. The zero-order valence-corrected chi connectivity index (χ0v) is 15.1. The SMILES string of the molecule is C[C@@H]1CN(C)c2ccccc2N(C(=O)[C@H]2CCCN2C(=O)C2CC2)C1. The minimum Gasteiger partial charge on any atom is -0.373 e. The maximum atomic E-state index is 13.4. The molecule has 0 unspecified atom stereocenters. The van der Waals surface area contributed by atoms with Crippen molar-refractivity contribution in [1.29, 1.82) is 0 Å². The highest BCUT2D eigenvalue weighted by Crippen LogP contribution is 2.36. The van der Waals surface area contributed by atoms with Crippen molar-refractivity contribution in [3.05, 3.63) is 24.3 Å². The lowest BCUT2D eigenvalue weighted by atomic mass is 10.1. The highest BCUT2D eigenvalue weighted by molar-refractivity contribution is 6.02. The van der Waals surface area contributed by atoms with E-state index in [1.807, 2.05) is 28.0 Å². The van der Waals surface area contributed by atoms with Crippen LogP contribution in [0, 0.1) is 11.8 Å². The molecule has 3 aliphatic rings. The van der Waals surface area contributed by atoms with Crippen LogP contribution in [0.5, 0.6) is 0 Å². The summed E-state index contributed by atoms with van der Waals surface area (Å²) in [7, 11) is 2.09. The average molecular weight is 341 g/mol. The fourth-order valence-electron chi connectivity index (χ4n) is 4.29. The lowest BCUT2D eigenvalue weighted by molar-refractivity contribution is -0.138. The number of rotatable bonds is 2. The lowest BCUT2D eigenvalue weighted by Crippen LogP contribution is -2.49. The van der Waals surface area contributed by atoms with Crippen LogP contribution in [0.25, 0.3) is 0 Å². The Balaban J connectivity index is 1.64.